The number of benzene rings is 4. The van der Waals surface area contributed by atoms with E-state index in [0.29, 0.717) is 22.6 Å². The van der Waals surface area contributed by atoms with Gasteiger partial charge in [-0.2, -0.15) is 0 Å². The molecule has 0 aliphatic rings. The van der Waals surface area contributed by atoms with Crippen molar-refractivity contribution in [2.45, 2.75) is 9.79 Å². The second-order valence-corrected chi connectivity index (χ2v) is 8.65. The van der Waals surface area contributed by atoms with Crippen LogP contribution in [0.3, 0.4) is 0 Å². The minimum atomic E-state index is 0.00686. The van der Waals surface area contributed by atoms with Crippen LogP contribution in [0.1, 0.15) is 20.7 Å². The van der Waals surface area contributed by atoms with Crippen LogP contribution in [0.4, 0.5) is 0 Å². The van der Waals surface area contributed by atoms with E-state index in [2.05, 4.69) is 0 Å². The van der Waals surface area contributed by atoms with Crippen LogP contribution in [0.25, 0.3) is 0 Å². The van der Waals surface area contributed by atoms with Gasteiger partial charge in [0.1, 0.15) is 11.5 Å². The first-order valence-corrected chi connectivity index (χ1v) is 11.2. The van der Waals surface area contributed by atoms with Crippen LogP contribution >= 0.6 is 23.5 Å². The molecule has 0 radical (unpaired) electrons. The Hall–Kier alpha value is -3.28. The van der Waals surface area contributed by atoms with Crippen LogP contribution in [-0.4, -0.2) is 10.2 Å². The summed E-state index contributed by atoms with van der Waals surface area (Å²) in [6.07, 6.45) is 0. The highest BCUT2D eigenvalue weighted by atomic mass is 32.2. The van der Waals surface area contributed by atoms with Crippen molar-refractivity contribution >= 4 is 33.8 Å². The lowest BCUT2D eigenvalue weighted by Gasteiger charge is -2.08. The molecule has 0 aliphatic carbocycles. The van der Waals surface area contributed by atoms with E-state index in [1.165, 1.54) is 23.5 Å². The quantitative estimate of drug-likeness (QED) is 0.292. The molecule has 152 valence electrons. The van der Waals surface area contributed by atoms with E-state index < -0.39 is 0 Å². The minimum Gasteiger partial charge on any atom is -0.457 e. The molecule has 4 aromatic carbocycles. The molecular formula is C26H18O3S2. The zero-order chi connectivity index (χ0) is 21.5. The number of carbonyl (C=O) groups is 2. The van der Waals surface area contributed by atoms with Gasteiger partial charge < -0.3 is 4.74 Å². The van der Waals surface area contributed by atoms with E-state index in [4.69, 9.17) is 4.74 Å². The van der Waals surface area contributed by atoms with E-state index in [1.54, 1.807) is 0 Å². The van der Waals surface area contributed by atoms with E-state index in [1.807, 2.05) is 109 Å². The first-order valence-electron chi connectivity index (χ1n) is 9.60. The van der Waals surface area contributed by atoms with Crippen molar-refractivity contribution in [3.8, 4) is 11.5 Å². The van der Waals surface area contributed by atoms with Gasteiger partial charge in [0.2, 0.25) is 10.2 Å². The molecule has 31 heavy (non-hydrogen) atoms. The predicted molar refractivity (Wildman–Crippen MR) is 126 cm³/mol. The van der Waals surface area contributed by atoms with Crippen molar-refractivity contribution in [3.05, 3.63) is 120 Å². The van der Waals surface area contributed by atoms with Gasteiger partial charge in [-0.25, -0.2) is 0 Å². The molecule has 0 atom stereocenters. The Morgan fingerprint density at radius 1 is 0.484 bits per heavy atom. The van der Waals surface area contributed by atoms with Crippen molar-refractivity contribution in [2.24, 2.45) is 0 Å². The van der Waals surface area contributed by atoms with Gasteiger partial charge >= 0.3 is 0 Å². The fraction of sp³-hybridized carbons (Fsp3) is 0. The largest absolute Gasteiger partial charge is 0.457 e. The molecule has 4 rings (SSSR count). The standard InChI is InChI=1S/C26H18O3S2/c27-25(19-7-3-1-4-8-19)30-23-15-11-21(12-16-23)29-22-13-17-24(18-14-22)31-26(28)20-9-5-2-6-10-20/h1-18H. The van der Waals surface area contributed by atoms with Crippen molar-refractivity contribution < 1.29 is 14.3 Å². The lowest BCUT2D eigenvalue weighted by atomic mass is 10.2. The molecule has 0 saturated heterocycles. The first-order chi connectivity index (χ1) is 15.2. The van der Waals surface area contributed by atoms with Gasteiger partial charge in [-0.05, 0) is 72.1 Å². The highest BCUT2D eigenvalue weighted by Gasteiger charge is 2.09. The maximum absolute atomic E-state index is 12.3. The Kier molecular flexibility index (Phi) is 6.87. The highest BCUT2D eigenvalue weighted by molar-refractivity contribution is 8.14. The van der Waals surface area contributed by atoms with Gasteiger partial charge in [-0.1, -0.05) is 60.7 Å². The second-order valence-electron chi connectivity index (χ2n) is 6.56. The van der Waals surface area contributed by atoms with Crippen molar-refractivity contribution in [1.29, 1.82) is 0 Å². The third-order valence-corrected chi connectivity index (χ3v) is 6.18. The Bertz CT molecular complexity index is 1060. The van der Waals surface area contributed by atoms with Gasteiger partial charge in [0, 0.05) is 20.9 Å². The van der Waals surface area contributed by atoms with Gasteiger partial charge in [0.15, 0.2) is 0 Å². The minimum absolute atomic E-state index is 0.00686. The molecule has 0 fully saturated rings. The molecule has 0 aromatic heterocycles. The van der Waals surface area contributed by atoms with Crippen molar-refractivity contribution in [1.82, 2.24) is 0 Å². The molecular weight excluding hydrogens is 424 g/mol. The predicted octanol–water partition coefficient (Wildman–Crippen LogP) is 7.34. The zero-order valence-electron chi connectivity index (χ0n) is 16.4. The topological polar surface area (TPSA) is 43.4 Å². The SMILES string of the molecule is O=C(Sc1ccc(Oc2ccc(SC(=O)c3ccccc3)cc2)cc1)c1ccccc1. The van der Waals surface area contributed by atoms with E-state index in [-0.39, 0.29) is 10.2 Å². The van der Waals surface area contributed by atoms with Gasteiger partial charge in [-0.3, -0.25) is 9.59 Å². The van der Waals surface area contributed by atoms with Crippen LogP contribution in [0.5, 0.6) is 11.5 Å². The average molecular weight is 443 g/mol. The van der Waals surface area contributed by atoms with Crippen LogP contribution in [0.2, 0.25) is 0 Å². The molecule has 5 heteroatoms. The number of carbonyl (C=O) groups excluding carboxylic acids is 2. The Morgan fingerprint density at radius 3 is 1.19 bits per heavy atom. The first kappa shape index (κ1) is 21.0. The third kappa shape index (κ3) is 5.87. The molecule has 0 bridgehead atoms. The molecule has 0 aliphatic heterocycles. The summed E-state index contributed by atoms with van der Waals surface area (Å²) in [6.45, 7) is 0. The summed E-state index contributed by atoms with van der Waals surface area (Å²) in [7, 11) is 0. The Balaban J connectivity index is 1.34. The Labute approximate surface area is 189 Å². The van der Waals surface area contributed by atoms with Crippen LogP contribution < -0.4 is 4.74 Å². The lowest BCUT2D eigenvalue weighted by molar-refractivity contribution is 0.108. The summed E-state index contributed by atoms with van der Waals surface area (Å²) < 4.78 is 5.88. The summed E-state index contributed by atoms with van der Waals surface area (Å²) in [5.74, 6) is 1.36. The van der Waals surface area contributed by atoms with Crippen LogP contribution in [0.15, 0.2) is 119 Å². The van der Waals surface area contributed by atoms with E-state index >= 15 is 0 Å². The number of rotatable bonds is 6. The van der Waals surface area contributed by atoms with Crippen LogP contribution in [0, 0.1) is 0 Å². The fourth-order valence-electron chi connectivity index (χ4n) is 2.77. The average Bonchev–Trinajstić information content (AvgIpc) is 2.82. The van der Waals surface area contributed by atoms with Crippen LogP contribution in [-0.2, 0) is 0 Å². The van der Waals surface area contributed by atoms with Crippen molar-refractivity contribution in [2.75, 3.05) is 0 Å². The smallest absolute Gasteiger partial charge is 0.224 e. The maximum atomic E-state index is 12.3. The highest BCUT2D eigenvalue weighted by Crippen LogP contribution is 2.29. The van der Waals surface area contributed by atoms with Gasteiger partial charge in [-0.15, -0.1) is 0 Å². The van der Waals surface area contributed by atoms with E-state index in [0.717, 1.165) is 9.79 Å². The third-order valence-electron chi connectivity index (χ3n) is 4.32. The molecule has 0 amide bonds. The van der Waals surface area contributed by atoms with Gasteiger partial charge in [0.25, 0.3) is 0 Å². The number of ether oxygens (including phenoxy) is 1. The molecule has 0 N–H and O–H groups in total. The normalized spacial score (nSPS) is 10.5. The van der Waals surface area contributed by atoms with Crippen molar-refractivity contribution in [3.63, 3.8) is 0 Å². The maximum Gasteiger partial charge on any atom is 0.224 e. The summed E-state index contributed by atoms with van der Waals surface area (Å²) in [5.41, 5.74) is 1.35. The molecule has 0 unspecified atom stereocenters. The monoisotopic (exact) mass is 442 g/mol. The summed E-state index contributed by atoms with van der Waals surface area (Å²) >= 11 is 2.38. The fourth-order valence-corrected chi connectivity index (χ4v) is 4.25. The second kappa shape index (κ2) is 10.2. The number of hydrogen-bond donors (Lipinski definition) is 0. The summed E-state index contributed by atoms with van der Waals surface area (Å²) in [5, 5.41) is 0.0137. The number of hydrogen-bond acceptors (Lipinski definition) is 5. The Morgan fingerprint density at radius 2 is 0.839 bits per heavy atom. The molecule has 4 aromatic rings. The molecule has 3 nitrogen and oxygen atoms in total. The lowest BCUT2D eigenvalue weighted by Crippen LogP contribution is -1.92. The van der Waals surface area contributed by atoms with E-state index in [9.17, 15) is 9.59 Å². The van der Waals surface area contributed by atoms with Gasteiger partial charge in [0.05, 0.1) is 0 Å². The molecule has 0 saturated carbocycles. The zero-order valence-corrected chi connectivity index (χ0v) is 18.1. The summed E-state index contributed by atoms with van der Waals surface area (Å²) in [4.78, 5) is 26.3. The summed E-state index contributed by atoms with van der Waals surface area (Å²) in [6, 6.07) is 33.2. The molecule has 0 heterocycles. The molecule has 0 spiro atoms. The number of thioether (sulfide) groups is 2.